The number of benzene rings is 4. The summed E-state index contributed by atoms with van der Waals surface area (Å²) < 4.78 is 13.3. The van der Waals surface area contributed by atoms with E-state index >= 15 is 0 Å². The number of rotatable bonds is 4. The molecule has 0 aromatic heterocycles. The van der Waals surface area contributed by atoms with Crippen LogP contribution in [0.5, 0.6) is 23.0 Å². The summed E-state index contributed by atoms with van der Waals surface area (Å²) in [6.45, 7) is 25.3. The van der Waals surface area contributed by atoms with E-state index in [2.05, 4.69) is 107 Å². The van der Waals surface area contributed by atoms with Gasteiger partial charge in [0, 0.05) is 47.9 Å². The Morgan fingerprint density at radius 1 is 0.435 bits per heavy atom. The highest BCUT2D eigenvalue weighted by molar-refractivity contribution is 5.62. The Labute approximate surface area is 276 Å². The molecule has 0 saturated heterocycles. The average molecular weight is 621 g/mol. The highest BCUT2D eigenvalue weighted by atomic mass is 16.5. The quantitative estimate of drug-likeness (QED) is 0.210. The number of phenols is 2. The zero-order chi connectivity index (χ0) is 33.8. The normalized spacial score (nSPS) is 13.0. The van der Waals surface area contributed by atoms with Gasteiger partial charge in [-0.1, -0.05) is 24.3 Å². The summed E-state index contributed by atoms with van der Waals surface area (Å²) in [5.41, 5.74) is 17.1. The second-order valence-electron chi connectivity index (χ2n) is 14.2. The van der Waals surface area contributed by atoms with Crippen molar-refractivity contribution in [1.82, 2.24) is 0 Å². The van der Waals surface area contributed by atoms with Gasteiger partial charge in [-0.05, 0) is 150 Å². The topological polar surface area (TPSA) is 58.9 Å². The first-order valence-electron chi connectivity index (χ1n) is 16.8. The third-order valence-corrected chi connectivity index (χ3v) is 10.2. The zero-order valence-corrected chi connectivity index (χ0v) is 30.0. The fourth-order valence-corrected chi connectivity index (χ4v) is 7.09. The number of ether oxygens (including phenoxy) is 2. The van der Waals surface area contributed by atoms with Crippen LogP contribution in [0.15, 0.2) is 24.3 Å². The minimum absolute atomic E-state index is 0.0347. The maximum absolute atomic E-state index is 12.0. The molecule has 244 valence electrons. The summed E-state index contributed by atoms with van der Waals surface area (Å²) in [6, 6.07) is 8.71. The Morgan fingerprint density at radius 2 is 0.696 bits per heavy atom. The van der Waals surface area contributed by atoms with Crippen LogP contribution in [0.3, 0.4) is 0 Å². The van der Waals surface area contributed by atoms with Crippen LogP contribution in [0.2, 0.25) is 0 Å². The molecule has 8 bridgehead atoms. The standard InChI is InChI=1S/C42H52O4/c1-21(2)45-41-33-15-25(7)29(11)37(41)17-31-13-23(5)28(10)36(39(31)43)20-34-16-26(8)30(12)38(42(34)46-22(3)4)18-32-14-24(6)27(9)35(19-33)40(32)44/h13-16,21-22,43-44H,17-20H2,1-12H3. The number of fused-ring (bicyclic) bond motifs is 8. The largest absolute Gasteiger partial charge is 0.507 e. The number of aromatic hydroxyl groups is 2. The number of phenolic OH excluding ortho intramolecular Hbond substituents is 2. The molecule has 5 rings (SSSR count). The fraction of sp³-hybridized carbons (Fsp3) is 0.429. The van der Waals surface area contributed by atoms with E-state index in [0.29, 0.717) is 37.2 Å². The van der Waals surface area contributed by atoms with Gasteiger partial charge in [0.1, 0.15) is 23.0 Å². The second-order valence-corrected chi connectivity index (χ2v) is 14.2. The van der Waals surface area contributed by atoms with Gasteiger partial charge in [-0.2, -0.15) is 0 Å². The molecule has 0 heterocycles. The summed E-state index contributed by atoms with van der Waals surface area (Å²) in [5.74, 6) is 2.40. The van der Waals surface area contributed by atoms with Crippen LogP contribution in [0.4, 0.5) is 0 Å². The van der Waals surface area contributed by atoms with Gasteiger partial charge >= 0.3 is 0 Å². The van der Waals surface area contributed by atoms with Gasteiger partial charge in [0.15, 0.2) is 0 Å². The Morgan fingerprint density at radius 3 is 1.00 bits per heavy atom. The van der Waals surface area contributed by atoms with Crippen LogP contribution >= 0.6 is 0 Å². The maximum Gasteiger partial charge on any atom is 0.127 e. The summed E-state index contributed by atoms with van der Waals surface area (Å²) in [5, 5.41) is 24.1. The van der Waals surface area contributed by atoms with Gasteiger partial charge in [0.05, 0.1) is 12.2 Å². The van der Waals surface area contributed by atoms with Crippen molar-refractivity contribution in [3.8, 4) is 23.0 Å². The van der Waals surface area contributed by atoms with Crippen LogP contribution in [-0.2, 0) is 25.7 Å². The Balaban J connectivity index is 1.91. The molecule has 4 heteroatoms. The van der Waals surface area contributed by atoms with Crippen molar-refractivity contribution in [2.45, 2.75) is 121 Å². The van der Waals surface area contributed by atoms with Crippen molar-refractivity contribution in [3.63, 3.8) is 0 Å². The van der Waals surface area contributed by atoms with Gasteiger partial charge in [-0.15, -0.1) is 0 Å². The number of hydrogen-bond acceptors (Lipinski definition) is 4. The molecule has 46 heavy (non-hydrogen) atoms. The molecular weight excluding hydrogens is 568 g/mol. The third-order valence-electron chi connectivity index (χ3n) is 10.2. The molecule has 1 aliphatic rings. The van der Waals surface area contributed by atoms with Crippen molar-refractivity contribution >= 4 is 0 Å². The van der Waals surface area contributed by atoms with Crippen LogP contribution in [-0.4, -0.2) is 22.4 Å². The molecule has 0 atom stereocenters. The first-order chi connectivity index (χ1) is 21.6. The van der Waals surface area contributed by atoms with Gasteiger partial charge in [-0.25, -0.2) is 0 Å². The lowest BCUT2D eigenvalue weighted by Crippen LogP contribution is -2.14. The van der Waals surface area contributed by atoms with E-state index in [-0.39, 0.29) is 12.2 Å². The first-order valence-corrected chi connectivity index (χ1v) is 16.8. The van der Waals surface area contributed by atoms with Gasteiger partial charge in [-0.3, -0.25) is 0 Å². The van der Waals surface area contributed by atoms with E-state index in [0.717, 1.165) is 89.4 Å². The molecular formula is C42H52O4. The lowest BCUT2D eigenvalue weighted by Gasteiger charge is -2.26. The first kappa shape index (κ1) is 33.4. The van der Waals surface area contributed by atoms with Crippen LogP contribution in [0, 0.1) is 55.4 Å². The minimum atomic E-state index is -0.0347. The molecule has 0 radical (unpaired) electrons. The Kier molecular flexibility index (Phi) is 9.23. The summed E-state index contributed by atoms with van der Waals surface area (Å²) >= 11 is 0. The number of hydrogen-bond donors (Lipinski definition) is 2. The molecule has 0 fully saturated rings. The molecule has 4 aromatic rings. The fourth-order valence-electron chi connectivity index (χ4n) is 7.09. The molecule has 0 aliphatic heterocycles. The monoisotopic (exact) mass is 620 g/mol. The predicted molar refractivity (Wildman–Crippen MR) is 190 cm³/mol. The smallest absolute Gasteiger partial charge is 0.127 e. The van der Waals surface area contributed by atoms with Crippen molar-refractivity contribution in [1.29, 1.82) is 0 Å². The minimum Gasteiger partial charge on any atom is -0.507 e. The van der Waals surface area contributed by atoms with Crippen molar-refractivity contribution < 1.29 is 19.7 Å². The molecule has 0 saturated carbocycles. The summed E-state index contributed by atoms with van der Waals surface area (Å²) in [7, 11) is 0. The third kappa shape index (κ3) is 6.11. The van der Waals surface area contributed by atoms with Crippen molar-refractivity contribution in [2.24, 2.45) is 0 Å². The van der Waals surface area contributed by atoms with Crippen molar-refractivity contribution in [2.75, 3.05) is 0 Å². The van der Waals surface area contributed by atoms with E-state index in [9.17, 15) is 10.2 Å². The second kappa shape index (κ2) is 12.7. The van der Waals surface area contributed by atoms with E-state index in [4.69, 9.17) is 9.47 Å². The molecule has 4 aromatic carbocycles. The number of aryl methyl sites for hydroxylation is 4. The Hall–Kier alpha value is -3.92. The van der Waals surface area contributed by atoms with E-state index in [1.165, 1.54) is 11.1 Å². The molecule has 4 nitrogen and oxygen atoms in total. The average Bonchev–Trinajstić information content (AvgIpc) is 2.97. The predicted octanol–water partition coefficient (Wildman–Crippen LogP) is 9.82. The zero-order valence-electron chi connectivity index (χ0n) is 30.0. The highest BCUT2D eigenvalue weighted by Gasteiger charge is 2.26. The molecule has 0 spiro atoms. The maximum atomic E-state index is 12.0. The van der Waals surface area contributed by atoms with E-state index in [1.54, 1.807) is 0 Å². The summed E-state index contributed by atoms with van der Waals surface area (Å²) in [4.78, 5) is 0. The summed E-state index contributed by atoms with van der Waals surface area (Å²) in [6.07, 6.45) is 2.10. The molecule has 2 N–H and O–H groups in total. The van der Waals surface area contributed by atoms with Crippen molar-refractivity contribution in [3.05, 3.63) is 113 Å². The lowest BCUT2D eigenvalue weighted by atomic mass is 9.84. The van der Waals surface area contributed by atoms with Crippen LogP contribution < -0.4 is 9.47 Å². The van der Waals surface area contributed by atoms with Crippen LogP contribution in [0.25, 0.3) is 0 Å². The van der Waals surface area contributed by atoms with Crippen LogP contribution in [0.1, 0.15) is 117 Å². The van der Waals surface area contributed by atoms with E-state index in [1.807, 2.05) is 0 Å². The Bertz CT molecular complexity index is 1710. The van der Waals surface area contributed by atoms with Gasteiger partial charge in [0.25, 0.3) is 0 Å². The highest BCUT2D eigenvalue weighted by Crippen LogP contribution is 2.43. The van der Waals surface area contributed by atoms with Gasteiger partial charge in [0.2, 0.25) is 0 Å². The molecule has 0 amide bonds. The SMILES string of the molecule is Cc1cc2c(O)c(c1C)Cc1cc(C)c(C)c(c1OC(C)C)Cc1cc(C)c(C)c(c1O)Cc1cc(C)c(C)c(c1OC(C)C)C2. The van der Waals surface area contributed by atoms with E-state index < -0.39 is 0 Å². The molecule has 1 aliphatic carbocycles. The van der Waals surface area contributed by atoms with Gasteiger partial charge < -0.3 is 19.7 Å². The lowest BCUT2D eigenvalue weighted by molar-refractivity contribution is 0.237. The molecule has 0 unspecified atom stereocenters.